The topological polar surface area (TPSA) is 67.9 Å². The summed E-state index contributed by atoms with van der Waals surface area (Å²) >= 11 is 0. The lowest BCUT2D eigenvalue weighted by molar-refractivity contribution is -0.136. The Morgan fingerprint density at radius 2 is 2.38 bits per heavy atom. The molecule has 0 saturated carbocycles. The molecule has 5 heteroatoms. The van der Waals surface area contributed by atoms with Gasteiger partial charge in [-0.25, -0.2) is 4.79 Å². The van der Waals surface area contributed by atoms with E-state index in [9.17, 15) is 4.79 Å². The number of carbonyl (C=O) groups excluding carboxylic acids is 1. The van der Waals surface area contributed by atoms with Crippen molar-refractivity contribution in [3.8, 4) is 11.8 Å². The van der Waals surface area contributed by atoms with Crippen LogP contribution in [0.15, 0.2) is 0 Å². The lowest BCUT2D eigenvalue weighted by Crippen LogP contribution is -1.99. The molecule has 0 amide bonds. The van der Waals surface area contributed by atoms with Gasteiger partial charge in [-0.1, -0.05) is 0 Å². The first-order chi connectivity index (χ1) is 6.24. The van der Waals surface area contributed by atoms with E-state index in [-0.39, 0.29) is 0 Å². The smallest absolute Gasteiger partial charge is 0.384 e. The zero-order chi connectivity index (χ0) is 9.68. The van der Waals surface area contributed by atoms with E-state index in [0.29, 0.717) is 18.0 Å². The van der Waals surface area contributed by atoms with E-state index in [4.69, 9.17) is 0 Å². The molecule has 1 aromatic heterocycles. The third-order valence-corrected chi connectivity index (χ3v) is 1.28. The second-order valence-corrected chi connectivity index (χ2v) is 2.23. The van der Waals surface area contributed by atoms with Crippen LogP contribution < -0.4 is 0 Å². The maximum absolute atomic E-state index is 10.8. The Labute approximate surface area is 75.5 Å². The Bertz CT molecular complexity index is 359. The third kappa shape index (κ3) is 2.60. The van der Waals surface area contributed by atoms with Crippen LogP contribution in [0, 0.1) is 18.8 Å². The summed E-state index contributed by atoms with van der Waals surface area (Å²) in [7, 11) is 0. The fourth-order valence-electron chi connectivity index (χ4n) is 0.680. The molecular weight excluding hydrogens is 170 g/mol. The molecule has 0 atom stereocenters. The molecule has 0 unspecified atom stereocenters. The van der Waals surface area contributed by atoms with E-state index < -0.39 is 5.97 Å². The molecule has 0 aliphatic heterocycles. The van der Waals surface area contributed by atoms with E-state index in [2.05, 4.69) is 32.0 Å². The molecule has 0 saturated heterocycles. The number of nitrogens with zero attached hydrogens (tertiary/aromatic N) is 2. The number of H-pyrrole nitrogens is 1. The molecule has 1 rings (SSSR count). The molecule has 0 aliphatic rings. The lowest BCUT2D eigenvalue weighted by atomic mass is 10.3. The molecule has 0 aromatic carbocycles. The van der Waals surface area contributed by atoms with Gasteiger partial charge in [0.2, 0.25) is 0 Å². The quantitative estimate of drug-likeness (QED) is 0.487. The number of rotatable bonds is 1. The Hall–Kier alpha value is -1.83. The van der Waals surface area contributed by atoms with Gasteiger partial charge in [0, 0.05) is 5.92 Å². The molecule has 5 nitrogen and oxygen atoms in total. The molecule has 0 fully saturated rings. The number of ether oxygens (including phenoxy) is 1. The lowest BCUT2D eigenvalue weighted by Gasteiger charge is -1.89. The first-order valence-electron chi connectivity index (χ1n) is 3.80. The van der Waals surface area contributed by atoms with Gasteiger partial charge < -0.3 is 4.74 Å². The van der Waals surface area contributed by atoms with Gasteiger partial charge in [-0.2, -0.15) is 10.3 Å². The van der Waals surface area contributed by atoms with Crippen molar-refractivity contribution in [3.63, 3.8) is 0 Å². The summed E-state index contributed by atoms with van der Waals surface area (Å²) in [4.78, 5) is 10.8. The summed E-state index contributed by atoms with van der Waals surface area (Å²) in [5, 5.41) is 9.88. The van der Waals surface area contributed by atoms with Crippen molar-refractivity contribution in [1.82, 2.24) is 15.4 Å². The Balaban J connectivity index is 2.67. The highest BCUT2D eigenvalue weighted by atomic mass is 16.5. The maximum atomic E-state index is 10.8. The van der Waals surface area contributed by atoms with Gasteiger partial charge in [-0.15, -0.1) is 5.10 Å². The van der Waals surface area contributed by atoms with Gasteiger partial charge >= 0.3 is 5.97 Å². The number of esters is 1. The number of aryl methyl sites for hydroxylation is 1. The maximum Gasteiger partial charge on any atom is 0.384 e. The summed E-state index contributed by atoms with van der Waals surface area (Å²) in [5.74, 6) is 4.29. The van der Waals surface area contributed by atoms with Crippen LogP contribution in [-0.2, 0) is 9.53 Å². The fourth-order valence-corrected chi connectivity index (χ4v) is 0.680. The summed E-state index contributed by atoms with van der Waals surface area (Å²) in [6, 6.07) is 0. The van der Waals surface area contributed by atoms with Gasteiger partial charge in [0.25, 0.3) is 0 Å². The zero-order valence-electron chi connectivity index (χ0n) is 7.42. The number of nitrogens with one attached hydrogen (secondary N) is 1. The minimum Gasteiger partial charge on any atom is -0.456 e. The molecule has 0 bridgehead atoms. The van der Waals surface area contributed by atoms with Gasteiger partial charge in [0.1, 0.15) is 0 Å². The zero-order valence-corrected chi connectivity index (χ0v) is 7.42. The van der Waals surface area contributed by atoms with E-state index >= 15 is 0 Å². The van der Waals surface area contributed by atoms with Gasteiger partial charge in [-0.05, 0) is 19.8 Å². The van der Waals surface area contributed by atoms with E-state index in [1.54, 1.807) is 13.8 Å². The summed E-state index contributed by atoms with van der Waals surface area (Å²) in [6.07, 6.45) is 0. The summed E-state index contributed by atoms with van der Waals surface area (Å²) in [6.45, 7) is 3.80. The molecule has 0 spiro atoms. The van der Waals surface area contributed by atoms with Crippen LogP contribution in [0.2, 0.25) is 0 Å². The SMILES string of the molecule is CCOC(=O)C#Cc1n[nH]nc1C. The van der Waals surface area contributed by atoms with Crippen molar-refractivity contribution in [1.29, 1.82) is 0 Å². The summed E-state index contributed by atoms with van der Waals surface area (Å²) in [5.41, 5.74) is 1.13. The number of aromatic amines is 1. The highest BCUT2D eigenvalue weighted by molar-refractivity contribution is 5.89. The Kier molecular flexibility index (Phi) is 3.03. The van der Waals surface area contributed by atoms with Crippen LogP contribution >= 0.6 is 0 Å². The second-order valence-electron chi connectivity index (χ2n) is 2.23. The Morgan fingerprint density at radius 1 is 1.62 bits per heavy atom. The van der Waals surface area contributed by atoms with Crippen LogP contribution in [0.5, 0.6) is 0 Å². The Morgan fingerprint density at radius 3 is 2.92 bits per heavy atom. The molecule has 0 aliphatic carbocycles. The van der Waals surface area contributed by atoms with Crippen LogP contribution in [0.3, 0.4) is 0 Å². The molecule has 1 N–H and O–H groups in total. The molecule has 13 heavy (non-hydrogen) atoms. The van der Waals surface area contributed by atoms with E-state index in [0.717, 1.165) is 0 Å². The number of hydrogen-bond acceptors (Lipinski definition) is 4. The molecule has 1 aromatic rings. The van der Waals surface area contributed by atoms with Gasteiger partial charge in [0.15, 0.2) is 5.69 Å². The summed E-state index contributed by atoms with van der Waals surface area (Å²) < 4.78 is 4.61. The highest BCUT2D eigenvalue weighted by Gasteiger charge is 1.98. The average Bonchev–Trinajstić information content (AvgIpc) is 2.48. The monoisotopic (exact) mass is 179 g/mol. The first-order valence-corrected chi connectivity index (χ1v) is 3.80. The van der Waals surface area contributed by atoms with Crippen molar-refractivity contribution in [2.24, 2.45) is 0 Å². The standard InChI is InChI=1S/C8H9N3O2/c1-3-13-8(12)5-4-7-6(2)9-11-10-7/h3H2,1-2H3,(H,9,10,11). The predicted octanol–water partition coefficient (Wildman–Crippen LogP) is 0.0277. The van der Waals surface area contributed by atoms with Crippen molar-refractivity contribution < 1.29 is 9.53 Å². The minimum absolute atomic E-state index is 0.325. The van der Waals surface area contributed by atoms with Crippen LogP contribution in [-0.4, -0.2) is 28.0 Å². The van der Waals surface area contributed by atoms with Crippen molar-refractivity contribution in [3.05, 3.63) is 11.4 Å². The normalized spacial score (nSPS) is 8.77. The third-order valence-electron chi connectivity index (χ3n) is 1.28. The fraction of sp³-hybridized carbons (Fsp3) is 0.375. The van der Waals surface area contributed by atoms with E-state index in [1.165, 1.54) is 0 Å². The molecule has 68 valence electrons. The highest BCUT2D eigenvalue weighted by Crippen LogP contribution is 1.94. The molecule has 1 heterocycles. The van der Waals surface area contributed by atoms with Gasteiger partial charge in [0.05, 0.1) is 12.3 Å². The minimum atomic E-state index is -0.551. The second kappa shape index (κ2) is 4.26. The van der Waals surface area contributed by atoms with Crippen molar-refractivity contribution >= 4 is 5.97 Å². The van der Waals surface area contributed by atoms with E-state index in [1.807, 2.05) is 0 Å². The van der Waals surface area contributed by atoms with Gasteiger partial charge in [-0.3, -0.25) is 0 Å². The average molecular weight is 179 g/mol. The number of hydrogen-bond donors (Lipinski definition) is 1. The molecular formula is C8H9N3O2. The largest absolute Gasteiger partial charge is 0.456 e. The molecule has 0 radical (unpaired) electrons. The van der Waals surface area contributed by atoms with Crippen LogP contribution in [0.1, 0.15) is 18.3 Å². The van der Waals surface area contributed by atoms with Crippen molar-refractivity contribution in [2.75, 3.05) is 6.61 Å². The first kappa shape index (κ1) is 9.26. The van der Waals surface area contributed by atoms with Crippen molar-refractivity contribution in [2.45, 2.75) is 13.8 Å². The van der Waals surface area contributed by atoms with Crippen LogP contribution in [0.25, 0.3) is 0 Å². The number of carbonyl (C=O) groups is 1. The predicted molar refractivity (Wildman–Crippen MR) is 44.6 cm³/mol. The number of aromatic nitrogens is 3. The van der Waals surface area contributed by atoms with Crippen LogP contribution in [0.4, 0.5) is 0 Å².